The highest BCUT2D eigenvalue weighted by Crippen LogP contribution is 2.26. The smallest absolute Gasteiger partial charge is 0.154 e. The van der Waals surface area contributed by atoms with E-state index in [-0.39, 0.29) is 6.61 Å². The first-order valence-corrected chi connectivity index (χ1v) is 7.07. The van der Waals surface area contributed by atoms with Crippen LogP contribution in [0.1, 0.15) is 36.0 Å². The first-order valence-electron chi connectivity index (χ1n) is 7.07. The van der Waals surface area contributed by atoms with E-state index in [0.29, 0.717) is 17.9 Å². The third-order valence-corrected chi connectivity index (χ3v) is 3.36. The van der Waals surface area contributed by atoms with Crippen LogP contribution in [0.25, 0.3) is 10.8 Å². The Bertz CT molecular complexity index is 563. The molecule has 3 heteroatoms. The summed E-state index contributed by atoms with van der Waals surface area (Å²) in [6.45, 7) is 0.853. The number of fused-ring (bicyclic) bond motifs is 1. The highest BCUT2D eigenvalue weighted by molar-refractivity contribution is 6.00. The summed E-state index contributed by atoms with van der Waals surface area (Å²) in [5.41, 5.74) is 0.624. The second-order valence-electron chi connectivity index (χ2n) is 4.80. The Morgan fingerprint density at radius 3 is 2.60 bits per heavy atom. The molecule has 2 rings (SSSR count). The third-order valence-electron chi connectivity index (χ3n) is 3.36. The molecule has 0 saturated heterocycles. The van der Waals surface area contributed by atoms with Crippen molar-refractivity contribution in [2.45, 2.75) is 25.7 Å². The minimum absolute atomic E-state index is 0.251. The van der Waals surface area contributed by atoms with E-state index in [4.69, 9.17) is 9.84 Å². The molecule has 0 aliphatic carbocycles. The van der Waals surface area contributed by atoms with Crippen molar-refractivity contribution < 1.29 is 14.6 Å². The van der Waals surface area contributed by atoms with Crippen LogP contribution in [0.15, 0.2) is 36.4 Å². The zero-order valence-electron chi connectivity index (χ0n) is 11.5. The number of unbranched alkanes of at least 4 members (excludes halogenated alkanes) is 3. The van der Waals surface area contributed by atoms with Crippen LogP contribution in [-0.2, 0) is 0 Å². The predicted molar refractivity (Wildman–Crippen MR) is 80.4 cm³/mol. The number of benzene rings is 2. The van der Waals surface area contributed by atoms with Crippen molar-refractivity contribution in [3.8, 4) is 5.75 Å². The molecule has 0 radical (unpaired) electrons. The highest BCUT2D eigenvalue weighted by atomic mass is 16.5. The lowest BCUT2D eigenvalue weighted by Crippen LogP contribution is -2.00. The maximum Gasteiger partial charge on any atom is 0.154 e. The van der Waals surface area contributed by atoms with Gasteiger partial charge in [0, 0.05) is 6.61 Å². The summed E-state index contributed by atoms with van der Waals surface area (Å²) >= 11 is 0. The minimum Gasteiger partial charge on any atom is -0.493 e. The number of aliphatic hydroxyl groups excluding tert-OH is 1. The molecule has 0 unspecified atom stereocenters. The zero-order valence-corrected chi connectivity index (χ0v) is 11.5. The lowest BCUT2D eigenvalue weighted by Gasteiger charge is -2.10. The van der Waals surface area contributed by atoms with Crippen LogP contribution in [0, 0.1) is 0 Å². The quantitative estimate of drug-likeness (QED) is 0.590. The standard InChI is InChI=1S/C17H20O3/c18-11-5-1-2-6-12-20-17-10-9-14-7-3-4-8-15(14)16(17)13-19/h3-4,7-10,13,18H,1-2,5-6,11-12H2. The first kappa shape index (κ1) is 14.5. The number of hydrogen-bond acceptors (Lipinski definition) is 3. The molecule has 20 heavy (non-hydrogen) atoms. The third kappa shape index (κ3) is 3.58. The van der Waals surface area contributed by atoms with Gasteiger partial charge < -0.3 is 9.84 Å². The monoisotopic (exact) mass is 272 g/mol. The van der Waals surface area contributed by atoms with Crippen molar-refractivity contribution in [1.29, 1.82) is 0 Å². The van der Waals surface area contributed by atoms with E-state index in [1.165, 1.54) is 0 Å². The summed E-state index contributed by atoms with van der Waals surface area (Å²) in [6.07, 6.45) is 4.69. The van der Waals surface area contributed by atoms with Crippen molar-refractivity contribution in [1.82, 2.24) is 0 Å². The van der Waals surface area contributed by atoms with E-state index >= 15 is 0 Å². The van der Waals surface area contributed by atoms with Gasteiger partial charge in [0.05, 0.1) is 12.2 Å². The number of carbonyl (C=O) groups excluding carboxylic acids is 1. The Balaban J connectivity index is 2.01. The van der Waals surface area contributed by atoms with Crippen LogP contribution in [0.4, 0.5) is 0 Å². The largest absolute Gasteiger partial charge is 0.493 e. The Hall–Kier alpha value is -1.87. The molecule has 2 aromatic carbocycles. The average Bonchev–Trinajstić information content (AvgIpc) is 2.50. The summed E-state index contributed by atoms with van der Waals surface area (Å²) in [6, 6.07) is 11.6. The SMILES string of the molecule is O=Cc1c(OCCCCCCO)ccc2ccccc12. The molecule has 106 valence electrons. The summed E-state index contributed by atoms with van der Waals surface area (Å²) < 4.78 is 5.72. The van der Waals surface area contributed by atoms with Crippen molar-refractivity contribution in [2.75, 3.05) is 13.2 Å². The second-order valence-corrected chi connectivity index (χ2v) is 4.80. The van der Waals surface area contributed by atoms with Gasteiger partial charge in [0.15, 0.2) is 6.29 Å². The lowest BCUT2D eigenvalue weighted by atomic mass is 10.0. The van der Waals surface area contributed by atoms with Crippen molar-refractivity contribution in [3.05, 3.63) is 42.0 Å². The fourth-order valence-electron chi connectivity index (χ4n) is 2.27. The van der Waals surface area contributed by atoms with Gasteiger partial charge in [-0.15, -0.1) is 0 Å². The molecular formula is C17H20O3. The fraction of sp³-hybridized carbons (Fsp3) is 0.353. The molecule has 0 bridgehead atoms. The van der Waals surface area contributed by atoms with E-state index in [9.17, 15) is 4.79 Å². The second kappa shape index (κ2) is 7.65. The zero-order chi connectivity index (χ0) is 14.2. The molecule has 0 spiro atoms. The Kier molecular flexibility index (Phi) is 5.56. The van der Waals surface area contributed by atoms with Gasteiger partial charge in [-0.05, 0) is 36.1 Å². The summed E-state index contributed by atoms with van der Waals surface area (Å²) in [5.74, 6) is 0.654. The van der Waals surface area contributed by atoms with Gasteiger partial charge in [-0.3, -0.25) is 4.79 Å². The number of hydrogen-bond donors (Lipinski definition) is 1. The van der Waals surface area contributed by atoms with Crippen LogP contribution in [0.2, 0.25) is 0 Å². The highest BCUT2D eigenvalue weighted by Gasteiger charge is 2.07. The maximum absolute atomic E-state index is 11.3. The topological polar surface area (TPSA) is 46.5 Å². The molecular weight excluding hydrogens is 252 g/mol. The molecule has 0 aliphatic rings. The fourth-order valence-corrected chi connectivity index (χ4v) is 2.27. The molecule has 2 aromatic rings. The average molecular weight is 272 g/mol. The molecule has 0 fully saturated rings. The van der Waals surface area contributed by atoms with Gasteiger partial charge in [-0.25, -0.2) is 0 Å². The number of aliphatic hydroxyl groups is 1. The Morgan fingerprint density at radius 1 is 1.00 bits per heavy atom. The van der Waals surface area contributed by atoms with E-state index in [1.54, 1.807) is 0 Å². The van der Waals surface area contributed by atoms with Crippen molar-refractivity contribution in [2.24, 2.45) is 0 Å². The molecule has 0 atom stereocenters. The summed E-state index contributed by atoms with van der Waals surface area (Å²) in [5, 5.41) is 10.7. The lowest BCUT2D eigenvalue weighted by molar-refractivity contribution is 0.112. The molecule has 0 saturated carbocycles. The molecule has 0 heterocycles. The van der Waals surface area contributed by atoms with Gasteiger partial charge in [-0.1, -0.05) is 36.8 Å². The van der Waals surface area contributed by atoms with Crippen molar-refractivity contribution in [3.63, 3.8) is 0 Å². The molecule has 1 N–H and O–H groups in total. The number of aldehydes is 1. The van der Waals surface area contributed by atoms with Crippen LogP contribution in [0.3, 0.4) is 0 Å². The number of carbonyl (C=O) groups is 1. The van der Waals surface area contributed by atoms with Crippen LogP contribution >= 0.6 is 0 Å². The first-order chi connectivity index (χ1) is 9.86. The minimum atomic E-state index is 0.251. The van der Waals surface area contributed by atoms with E-state index in [1.807, 2.05) is 36.4 Å². The van der Waals surface area contributed by atoms with Gasteiger partial charge in [0.2, 0.25) is 0 Å². The van der Waals surface area contributed by atoms with Gasteiger partial charge >= 0.3 is 0 Å². The Morgan fingerprint density at radius 2 is 1.80 bits per heavy atom. The van der Waals surface area contributed by atoms with Crippen LogP contribution in [0.5, 0.6) is 5.75 Å². The predicted octanol–water partition coefficient (Wildman–Crippen LogP) is 3.58. The molecule has 3 nitrogen and oxygen atoms in total. The van der Waals surface area contributed by atoms with Gasteiger partial charge in [0.1, 0.15) is 5.75 Å². The maximum atomic E-state index is 11.3. The van der Waals surface area contributed by atoms with E-state index in [2.05, 4.69) is 0 Å². The van der Waals surface area contributed by atoms with Gasteiger partial charge in [-0.2, -0.15) is 0 Å². The Labute approximate surface area is 119 Å². The van der Waals surface area contributed by atoms with E-state index in [0.717, 1.165) is 42.7 Å². The van der Waals surface area contributed by atoms with Crippen LogP contribution < -0.4 is 4.74 Å². The summed E-state index contributed by atoms with van der Waals surface area (Å²) in [4.78, 5) is 11.3. The normalized spacial score (nSPS) is 10.7. The molecule has 0 aromatic heterocycles. The van der Waals surface area contributed by atoms with Gasteiger partial charge in [0.25, 0.3) is 0 Å². The van der Waals surface area contributed by atoms with Crippen molar-refractivity contribution >= 4 is 17.1 Å². The molecule has 0 aliphatic heterocycles. The molecule has 0 amide bonds. The van der Waals surface area contributed by atoms with E-state index < -0.39 is 0 Å². The number of rotatable bonds is 8. The summed E-state index contributed by atoms with van der Waals surface area (Å²) in [7, 11) is 0. The van der Waals surface area contributed by atoms with Crippen LogP contribution in [-0.4, -0.2) is 24.6 Å². The number of ether oxygens (including phenoxy) is 1.